The molecule has 0 spiro atoms. The van der Waals surface area contributed by atoms with Gasteiger partial charge in [0.15, 0.2) is 0 Å². The maximum atomic E-state index is 13.5. The van der Waals surface area contributed by atoms with Crippen molar-refractivity contribution < 1.29 is 14.2 Å². The molecule has 0 heterocycles. The minimum atomic E-state index is -0.380. The van der Waals surface area contributed by atoms with Gasteiger partial charge in [0.25, 0.3) is 0 Å². The van der Waals surface area contributed by atoms with E-state index in [9.17, 15) is 4.39 Å². The molecule has 1 rings (SSSR count). The van der Waals surface area contributed by atoms with Crippen LogP contribution in [-0.4, -0.2) is 38.5 Å². The number of benzene rings is 1. The minimum absolute atomic E-state index is 0.0269. The zero-order valence-electron chi connectivity index (χ0n) is 9.62. The summed E-state index contributed by atoms with van der Waals surface area (Å²) in [4.78, 5) is 1.79. The summed E-state index contributed by atoms with van der Waals surface area (Å²) in [7, 11) is 1.59. The smallest absolute Gasteiger partial charge is 0.139 e. The Kier molecular flexibility index (Phi) is 5.67. The van der Waals surface area contributed by atoms with Gasteiger partial charge in [-0.2, -0.15) is 0 Å². The third-order valence-corrected chi connectivity index (χ3v) is 2.95. The van der Waals surface area contributed by atoms with E-state index in [1.54, 1.807) is 12.0 Å². The number of ether oxygens (including phenoxy) is 1. The lowest BCUT2D eigenvalue weighted by molar-refractivity contribution is 0.203. The van der Waals surface area contributed by atoms with Crippen LogP contribution >= 0.6 is 15.9 Å². The average Bonchev–Trinajstić information content (AvgIpc) is 2.29. The van der Waals surface area contributed by atoms with E-state index in [0.717, 1.165) is 0 Å². The molecule has 1 aromatic rings. The van der Waals surface area contributed by atoms with Crippen molar-refractivity contribution in [3.05, 3.63) is 22.4 Å². The fourth-order valence-corrected chi connectivity index (χ4v) is 1.86. The molecule has 0 saturated heterocycles. The number of halogens is 2. The molecule has 0 unspecified atom stereocenters. The molecule has 0 aromatic heterocycles. The van der Waals surface area contributed by atoms with Gasteiger partial charge in [-0.05, 0) is 22.0 Å². The molecule has 0 saturated carbocycles. The first-order valence-corrected chi connectivity index (χ1v) is 5.98. The quantitative estimate of drug-likeness (QED) is 0.784. The molecule has 17 heavy (non-hydrogen) atoms. The third kappa shape index (κ3) is 3.83. The number of nitrogen functional groups attached to an aromatic ring is 1. The van der Waals surface area contributed by atoms with Crippen LogP contribution in [0, 0.1) is 5.82 Å². The molecule has 0 aliphatic carbocycles. The van der Waals surface area contributed by atoms with Crippen LogP contribution in [0.5, 0.6) is 0 Å². The Morgan fingerprint density at radius 1 is 1.47 bits per heavy atom. The van der Waals surface area contributed by atoms with E-state index >= 15 is 0 Å². The van der Waals surface area contributed by atoms with Gasteiger partial charge in [0, 0.05) is 26.3 Å². The standard InChI is InChI=1S/C11H16BrFN2O2/c1-17-5-3-15(2-4-16)11-7-9(13)8(12)6-10(11)14/h6-7,16H,2-5,14H2,1H3. The number of hydrogen-bond acceptors (Lipinski definition) is 4. The lowest BCUT2D eigenvalue weighted by Crippen LogP contribution is -2.30. The van der Waals surface area contributed by atoms with Gasteiger partial charge >= 0.3 is 0 Å². The highest BCUT2D eigenvalue weighted by molar-refractivity contribution is 9.10. The minimum Gasteiger partial charge on any atom is -0.397 e. The zero-order valence-corrected chi connectivity index (χ0v) is 11.2. The Bertz CT molecular complexity index is 377. The number of rotatable bonds is 6. The molecular formula is C11H16BrFN2O2. The van der Waals surface area contributed by atoms with E-state index in [2.05, 4.69) is 15.9 Å². The maximum absolute atomic E-state index is 13.5. The first kappa shape index (κ1) is 14.2. The van der Waals surface area contributed by atoms with Gasteiger partial charge in [-0.15, -0.1) is 0 Å². The van der Waals surface area contributed by atoms with Crippen LogP contribution in [0.3, 0.4) is 0 Å². The first-order chi connectivity index (χ1) is 8.10. The number of aliphatic hydroxyl groups is 1. The number of methoxy groups -OCH3 is 1. The van der Waals surface area contributed by atoms with Crippen molar-refractivity contribution in [1.29, 1.82) is 0 Å². The number of nitrogens with two attached hydrogens (primary N) is 1. The Hall–Kier alpha value is -0.850. The summed E-state index contributed by atoms with van der Waals surface area (Å²) in [6.07, 6.45) is 0. The molecule has 0 aliphatic heterocycles. The Morgan fingerprint density at radius 3 is 2.76 bits per heavy atom. The van der Waals surface area contributed by atoms with Crippen LogP contribution in [0.25, 0.3) is 0 Å². The largest absolute Gasteiger partial charge is 0.397 e. The first-order valence-electron chi connectivity index (χ1n) is 5.19. The molecule has 4 nitrogen and oxygen atoms in total. The predicted molar refractivity (Wildman–Crippen MR) is 69.7 cm³/mol. The molecule has 3 N–H and O–H groups in total. The summed E-state index contributed by atoms with van der Waals surface area (Å²) >= 11 is 3.07. The van der Waals surface area contributed by atoms with Gasteiger partial charge in [-0.1, -0.05) is 0 Å². The zero-order chi connectivity index (χ0) is 12.8. The molecular weight excluding hydrogens is 291 g/mol. The average molecular weight is 307 g/mol. The van der Waals surface area contributed by atoms with Crippen LogP contribution in [0.2, 0.25) is 0 Å². The van der Waals surface area contributed by atoms with Crippen molar-refractivity contribution in [2.45, 2.75) is 0 Å². The SMILES string of the molecule is COCCN(CCO)c1cc(F)c(Br)cc1N. The number of hydrogen-bond donors (Lipinski definition) is 2. The molecule has 96 valence electrons. The number of aliphatic hydroxyl groups excluding tert-OH is 1. The van der Waals surface area contributed by atoms with Crippen molar-refractivity contribution in [1.82, 2.24) is 0 Å². The van der Waals surface area contributed by atoms with E-state index in [0.29, 0.717) is 35.5 Å². The Labute approximate surface area is 108 Å². The van der Waals surface area contributed by atoms with E-state index in [-0.39, 0.29) is 12.4 Å². The van der Waals surface area contributed by atoms with Gasteiger partial charge < -0.3 is 20.5 Å². The maximum Gasteiger partial charge on any atom is 0.139 e. The summed E-state index contributed by atoms with van der Waals surface area (Å²) in [5.74, 6) is -0.380. The van der Waals surface area contributed by atoms with Crippen molar-refractivity contribution in [2.24, 2.45) is 0 Å². The third-order valence-electron chi connectivity index (χ3n) is 2.35. The molecule has 1 aromatic carbocycles. The summed E-state index contributed by atoms with van der Waals surface area (Å²) in [6, 6.07) is 2.87. The summed E-state index contributed by atoms with van der Waals surface area (Å²) in [5.41, 5.74) is 6.86. The van der Waals surface area contributed by atoms with Gasteiger partial charge in [0.05, 0.1) is 29.1 Å². The second-order valence-electron chi connectivity index (χ2n) is 3.53. The van der Waals surface area contributed by atoms with Crippen molar-refractivity contribution in [2.75, 3.05) is 44.0 Å². The molecule has 0 atom stereocenters. The second kappa shape index (κ2) is 6.78. The molecule has 0 aliphatic rings. The lowest BCUT2D eigenvalue weighted by atomic mass is 10.2. The van der Waals surface area contributed by atoms with Crippen molar-refractivity contribution >= 4 is 27.3 Å². The number of anilines is 2. The van der Waals surface area contributed by atoms with Crippen LogP contribution in [-0.2, 0) is 4.74 Å². The molecule has 0 radical (unpaired) electrons. The van der Waals surface area contributed by atoms with Crippen molar-refractivity contribution in [3.63, 3.8) is 0 Å². The normalized spacial score (nSPS) is 10.6. The summed E-state index contributed by atoms with van der Waals surface area (Å²) < 4.78 is 18.8. The van der Waals surface area contributed by atoms with Crippen LogP contribution in [0.1, 0.15) is 0 Å². The van der Waals surface area contributed by atoms with E-state index < -0.39 is 0 Å². The van der Waals surface area contributed by atoms with E-state index in [1.807, 2.05) is 0 Å². The summed E-state index contributed by atoms with van der Waals surface area (Å²) in [5, 5.41) is 8.99. The van der Waals surface area contributed by atoms with E-state index in [4.69, 9.17) is 15.6 Å². The number of nitrogens with zero attached hydrogens (tertiary/aromatic N) is 1. The van der Waals surface area contributed by atoms with Gasteiger partial charge in [-0.3, -0.25) is 0 Å². The highest BCUT2D eigenvalue weighted by atomic mass is 79.9. The molecule has 0 amide bonds. The topological polar surface area (TPSA) is 58.7 Å². The van der Waals surface area contributed by atoms with Gasteiger partial charge in [0.2, 0.25) is 0 Å². The second-order valence-corrected chi connectivity index (χ2v) is 4.38. The fraction of sp³-hybridized carbons (Fsp3) is 0.455. The monoisotopic (exact) mass is 306 g/mol. The van der Waals surface area contributed by atoms with Crippen molar-refractivity contribution in [3.8, 4) is 0 Å². The molecule has 6 heteroatoms. The highest BCUT2D eigenvalue weighted by Crippen LogP contribution is 2.29. The Morgan fingerprint density at radius 2 is 2.18 bits per heavy atom. The molecule has 0 bridgehead atoms. The van der Waals surface area contributed by atoms with Gasteiger partial charge in [0.1, 0.15) is 5.82 Å². The van der Waals surface area contributed by atoms with Crippen LogP contribution in [0.15, 0.2) is 16.6 Å². The van der Waals surface area contributed by atoms with Crippen LogP contribution in [0.4, 0.5) is 15.8 Å². The summed E-state index contributed by atoms with van der Waals surface area (Å²) in [6.45, 7) is 1.38. The molecule has 0 fully saturated rings. The van der Waals surface area contributed by atoms with Gasteiger partial charge in [-0.25, -0.2) is 4.39 Å². The van der Waals surface area contributed by atoms with E-state index in [1.165, 1.54) is 12.1 Å². The Balaban J connectivity index is 2.96. The predicted octanol–water partition coefficient (Wildman–Crippen LogP) is 1.62. The fourth-order valence-electron chi connectivity index (χ4n) is 1.50. The van der Waals surface area contributed by atoms with Crippen LogP contribution < -0.4 is 10.6 Å². The lowest BCUT2D eigenvalue weighted by Gasteiger charge is -2.25. The highest BCUT2D eigenvalue weighted by Gasteiger charge is 2.12.